The Hall–Kier alpha value is -5.09. The van der Waals surface area contributed by atoms with Crippen molar-refractivity contribution in [2.24, 2.45) is 0 Å². The van der Waals surface area contributed by atoms with Gasteiger partial charge in [-0.15, -0.1) is 0 Å². The average Bonchev–Trinajstić information content (AvgIpc) is 3.46. The van der Waals surface area contributed by atoms with E-state index in [1.54, 1.807) is 36.5 Å². The number of aromatic nitrogens is 4. The van der Waals surface area contributed by atoms with Crippen LogP contribution in [0.4, 0.5) is 15.9 Å². The van der Waals surface area contributed by atoms with Gasteiger partial charge in [-0.25, -0.2) is 13.9 Å². The van der Waals surface area contributed by atoms with E-state index < -0.39 is 23.7 Å². The standard InChI is InChI=1S/C31H34FN9O3/c1-20(42)38-23-9-12-40(13-10-23)27-8-5-24(18-35-27)36-19-31(2,44)29(32)28(39-30(43)22-4-3-11-34-17-22)26-7-6-25-14-21(15-33)16-37-41(25)26/h3-8,11,14,16-18,23,28-29,36,44H,9-10,12-13,19H2,1-2H3,(H,38,42)(H,39,43)/t28-,29-,31-/m1/s1. The molecule has 4 aromatic rings. The summed E-state index contributed by atoms with van der Waals surface area (Å²) in [6.45, 7) is 4.21. The normalized spacial score (nSPS) is 16.4. The second-order valence-corrected chi connectivity index (χ2v) is 11.1. The lowest BCUT2D eigenvalue weighted by atomic mass is 9.92. The molecule has 0 aliphatic carbocycles. The molecule has 0 unspecified atom stereocenters. The number of aliphatic hydroxyl groups is 1. The number of hydrogen-bond acceptors (Lipinski definition) is 9. The van der Waals surface area contributed by atoms with Crippen molar-refractivity contribution in [1.29, 1.82) is 5.26 Å². The van der Waals surface area contributed by atoms with E-state index in [9.17, 15) is 20.0 Å². The summed E-state index contributed by atoms with van der Waals surface area (Å²) in [4.78, 5) is 35.1. The lowest BCUT2D eigenvalue weighted by Gasteiger charge is -2.34. The Balaban J connectivity index is 1.30. The highest BCUT2D eigenvalue weighted by Crippen LogP contribution is 2.30. The summed E-state index contributed by atoms with van der Waals surface area (Å²) in [5.74, 6) is 0.189. The molecule has 13 heteroatoms. The highest BCUT2D eigenvalue weighted by molar-refractivity contribution is 5.94. The predicted molar refractivity (Wildman–Crippen MR) is 162 cm³/mol. The Kier molecular flexibility index (Phi) is 9.01. The Morgan fingerprint density at radius 2 is 1.98 bits per heavy atom. The molecule has 228 valence electrons. The van der Waals surface area contributed by atoms with Crippen LogP contribution in [0.5, 0.6) is 0 Å². The summed E-state index contributed by atoms with van der Waals surface area (Å²) in [5.41, 5.74) is 0.0318. The zero-order valence-electron chi connectivity index (χ0n) is 24.4. The van der Waals surface area contributed by atoms with Crippen molar-refractivity contribution in [1.82, 2.24) is 30.2 Å². The van der Waals surface area contributed by atoms with Gasteiger partial charge in [0.1, 0.15) is 23.5 Å². The highest BCUT2D eigenvalue weighted by Gasteiger charge is 2.41. The van der Waals surface area contributed by atoms with E-state index in [4.69, 9.17) is 0 Å². The second kappa shape index (κ2) is 13.0. The lowest BCUT2D eigenvalue weighted by molar-refractivity contribution is -0.119. The van der Waals surface area contributed by atoms with E-state index in [0.29, 0.717) is 22.5 Å². The maximum absolute atomic E-state index is 16.4. The minimum Gasteiger partial charge on any atom is -0.385 e. The van der Waals surface area contributed by atoms with E-state index in [-0.39, 0.29) is 24.1 Å². The number of fused-ring (bicyclic) bond motifs is 1. The Labute approximate surface area is 253 Å². The first-order chi connectivity index (χ1) is 21.1. The van der Waals surface area contributed by atoms with Gasteiger partial charge < -0.3 is 26.0 Å². The molecule has 44 heavy (non-hydrogen) atoms. The van der Waals surface area contributed by atoms with Gasteiger partial charge in [-0.05, 0) is 62.2 Å². The molecule has 1 aliphatic heterocycles. The van der Waals surface area contributed by atoms with Crippen LogP contribution in [0.1, 0.15) is 54.3 Å². The van der Waals surface area contributed by atoms with Crippen LogP contribution < -0.4 is 20.9 Å². The molecular weight excluding hydrogens is 565 g/mol. The van der Waals surface area contributed by atoms with Crippen LogP contribution in [-0.4, -0.2) is 74.0 Å². The number of alkyl halides is 1. The molecule has 1 saturated heterocycles. The van der Waals surface area contributed by atoms with Crippen molar-refractivity contribution < 1.29 is 19.1 Å². The molecule has 4 aromatic heterocycles. The summed E-state index contributed by atoms with van der Waals surface area (Å²) >= 11 is 0. The zero-order chi connectivity index (χ0) is 31.3. The maximum Gasteiger partial charge on any atom is 0.253 e. The minimum absolute atomic E-state index is 0.0293. The fourth-order valence-electron chi connectivity index (χ4n) is 5.29. The van der Waals surface area contributed by atoms with Crippen LogP contribution in [0.2, 0.25) is 0 Å². The van der Waals surface area contributed by atoms with Gasteiger partial charge in [-0.2, -0.15) is 10.4 Å². The monoisotopic (exact) mass is 599 g/mol. The van der Waals surface area contributed by atoms with Gasteiger partial charge in [0.15, 0.2) is 6.17 Å². The van der Waals surface area contributed by atoms with E-state index in [2.05, 4.69) is 35.9 Å². The number of anilines is 2. The van der Waals surface area contributed by atoms with Gasteiger partial charge in [-0.3, -0.25) is 14.6 Å². The number of nitriles is 1. The first kappa shape index (κ1) is 30.4. The summed E-state index contributed by atoms with van der Waals surface area (Å²) in [5, 5.41) is 33.6. The molecule has 0 saturated carbocycles. The van der Waals surface area contributed by atoms with Crippen molar-refractivity contribution in [2.75, 3.05) is 29.9 Å². The number of nitrogens with zero attached hydrogens (tertiary/aromatic N) is 6. The van der Waals surface area contributed by atoms with Crippen LogP contribution in [-0.2, 0) is 4.79 Å². The summed E-state index contributed by atoms with van der Waals surface area (Å²) in [6, 6.07) is 12.6. The third kappa shape index (κ3) is 6.92. The molecule has 2 amide bonds. The van der Waals surface area contributed by atoms with E-state index >= 15 is 4.39 Å². The van der Waals surface area contributed by atoms with Crippen LogP contribution in [0.3, 0.4) is 0 Å². The average molecular weight is 600 g/mol. The van der Waals surface area contributed by atoms with E-state index in [0.717, 1.165) is 31.7 Å². The molecule has 0 bridgehead atoms. The molecule has 0 spiro atoms. The fraction of sp³-hybridized carbons (Fsp3) is 0.355. The molecule has 0 aromatic carbocycles. The van der Waals surface area contributed by atoms with E-state index in [1.807, 2.05) is 18.2 Å². The van der Waals surface area contributed by atoms with Gasteiger partial charge in [-0.1, -0.05) is 0 Å². The number of halogens is 1. The fourth-order valence-corrected chi connectivity index (χ4v) is 5.29. The summed E-state index contributed by atoms with van der Waals surface area (Å²) < 4.78 is 17.9. The molecule has 1 aliphatic rings. The third-order valence-electron chi connectivity index (χ3n) is 7.70. The third-order valence-corrected chi connectivity index (χ3v) is 7.70. The highest BCUT2D eigenvalue weighted by atomic mass is 19.1. The smallest absolute Gasteiger partial charge is 0.253 e. The number of carbonyl (C=O) groups is 2. The van der Waals surface area contributed by atoms with Gasteiger partial charge in [0.05, 0.1) is 40.4 Å². The summed E-state index contributed by atoms with van der Waals surface area (Å²) in [7, 11) is 0. The van der Waals surface area contributed by atoms with Crippen molar-refractivity contribution in [3.05, 3.63) is 84.1 Å². The Morgan fingerprint density at radius 1 is 1.18 bits per heavy atom. The number of piperidine rings is 1. The molecule has 1 fully saturated rings. The largest absolute Gasteiger partial charge is 0.385 e. The number of hydrogen-bond donors (Lipinski definition) is 4. The van der Waals surface area contributed by atoms with Gasteiger partial charge in [0.2, 0.25) is 5.91 Å². The first-order valence-electron chi connectivity index (χ1n) is 14.3. The van der Waals surface area contributed by atoms with Gasteiger partial charge in [0, 0.05) is 45.0 Å². The van der Waals surface area contributed by atoms with Crippen LogP contribution in [0.15, 0.2) is 67.3 Å². The van der Waals surface area contributed by atoms with Gasteiger partial charge in [0.25, 0.3) is 5.91 Å². The maximum atomic E-state index is 16.4. The van der Waals surface area contributed by atoms with Crippen LogP contribution in [0, 0.1) is 11.3 Å². The molecular formula is C31H34FN9O3. The van der Waals surface area contributed by atoms with Crippen molar-refractivity contribution in [3.63, 3.8) is 0 Å². The lowest BCUT2D eigenvalue weighted by Crippen LogP contribution is -2.50. The predicted octanol–water partition coefficient (Wildman–Crippen LogP) is 2.77. The van der Waals surface area contributed by atoms with Crippen molar-refractivity contribution in [2.45, 2.75) is 50.5 Å². The van der Waals surface area contributed by atoms with Gasteiger partial charge >= 0.3 is 0 Å². The van der Waals surface area contributed by atoms with Crippen molar-refractivity contribution in [3.8, 4) is 6.07 Å². The Morgan fingerprint density at radius 3 is 2.64 bits per heavy atom. The number of carbonyl (C=O) groups excluding carboxylic acids is 2. The molecule has 5 rings (SSSR count). The number of amides is 2. The SMILES string of the molecule is CC(=O)NC1CCN(c2ccc(NC[C@@](C)(O)[C@H](F)[C@H](NC(=O)c3cccnc3)c3ccc4cc(C#N)cnn34)cn2)CC1. The quantitative estimate of drug-likeness (QED) is 0.215. The molecule has 12 nitrogen and oxygen atoms in total. The Bertz CT molecular complexity index is 1650. The minimum atomic E-state index is -1.98. The zero-order valence-corrected chi connectivity index (χ0v) is 24.4. The molecule has 5 heterocycles. The van der Waals surface area contributed by atoms with E-state index in [1.165, 1.54) is 37.0 Å². The molecule has 3 atom stereocenters. The van der Waals surface area contributed by atoms with Crippen LogP contribution >= 0.6 is 0 Å². The summed E-state index contributed by atoms with van der Waals surface area (Å²) in [6.07, 6.45) is 5.54. The number of rotatable bonds is 10. The first-order valence-corrected chi connectivity index (χ1v) is 14.3. The topological polar surface area (TPSA) is 161 Å². The number of pyridine rings is 2. The van der Waals surface area contributed by atoms with Crippen molar-refractivity contribution >= 4 is 28.8 Å². The molecule has 0 radical (unpaired) electrons. The molecule has 4 N–H and O–H groups in total. The van der Waals surface area contributed by atoms with Crippen LogP contribution in [0.25, 0.3) is 5.52 Å². The number of nitrogens with one attached hydrogen (secondary N) is 3. The second-order valence-electron chi connectivity index (χ2n) is 11.1.